The Hall–Kier alpha value is -2.48. The Bertz CT molecular complexity index is 647. The van der Waals surface area contributed by atoms with E-state index < -0.39 is 10.8 Å². The molecule has 1 unspecified atom stereocenters. The molecular weight excluding hydrogens is 312 g/mol. The molecule has 1 aliphatic rings. The predicted octanol–water partition coefficient (Wildman–Crippen LogP) is 0.830. The van der Waals surface area contributed by atoms with Crippen molar-refractivity contribution in [3.05, 3.63) is 39.4 Å². The highest BCUT2D eigenvalue weighted by Crippen LogP contribution is 2.26. The summed E-state index contributed by atoms with van der Waals surface area (Å²) in [4.78, 5) is 37.1. The van der Waals surface area contributed by atoms with Crippen molar-refractivity contribution in [3.63, 3.8) is 0 Å². The first-order valence-electron chi connectivity index (χ1n) is 7.96. The molecule has 0 spiro atoms. The van der Waals surface area contributed by atoms with Crippen molar-refractivity contribution in [2.24, 2.45) is 11.7 Å². The van der Waals surface area contributed by atoms with E-state index in [9.17, 15) is 19.7 Å². The number of piperidine rings is 1. The number of hydrogen-bond donors (Lipinski definition) is 2. The number of carbonyl (C=O) groups is 2. The summed E-state index contributed by atoms with van der Waals surface area (Å²) in [6.07, 6.45) is 1.38. The maximum Gasteiger partial charge on any atom is 0.285 e. The van der Waals surface area contributed by atoms with Gasteiger partial charge < -0.3 is 16.0 Å². The van der Waals surface area contributed by atoms with E-state index in [0.717, 1.165) is 0 Å². The minimum atomic E-state index is -0.530. The Morgan fingerprint density at radius 3 is 2.88 bits per heavy atom. The van der Waals surface area contributed by atoms with Crippen LogP contribution in [0.2, 0.25) is 0 Å². The average Bonchev–Trinajstić information content (AvgIpc) is 2.58. The number of likely N-dealkylation sites (tertiary alicyclic amines) is 1. The van der Waals surface area contributed by atoms with Crippen LogP contribution in [0.1, 0.15) is 28.8 Å². The van der Waals surface area contributed by atoms with E-state index in [0.29, 0.717) is 38.0 Å². The zero-order chi connectivity index (χ0) is 17.7. The number of amides is 2. The van der Waals surface area contributed by atoms with Gasteiger partial charge in [0, 0.05) is 31.7 Å². The Labute approximate surface area is 140 Å². The number of nitrogens with two attached hydrogens (primary N) is 1. The van der Waals surface area contributed by atoms with Crippen molar-refractivity contribution in [2.75, 3.05) is 26.2 Å². The summed E-state index contributed by atoms with van der Waals surface area (Å²) in [5.74, 6) is -0.837. The fourth-order valence-corrected chi connectivity index (χ4v) is 2.96. The van der Waals surface area contributed by atoms with E-state index in [1.165, 1.54) is 11.0 Å². The Morgan fingerprint density at radius 2 is 2.21 bits per heavy atom. The van der Waals surface area contributed by atoms with Gasteiger partial charge in [0.2, 0.25) is 5.91 Å². The molecule has 8 nitrogen and oxygen atoms in total. The molecule has 0 aliphatic carbocycles. The van der Waals surface area contributed by atoms with Crippen LogP contribution in [-0.4, -0.2) is 47.8 Å². The number of nitro benzene ring substituents is 1. The second kappa shape index (κ2) is 7.87. The van der Waals surface area contributed by atoms with Gasteiger partial charge in [-0.05, 0) is 25.8 Å². The molecule has 1 saturated heterocycles. The van der Waals surface area contributed by atoms with Crippen molar-refractivity contribution >= 4 is 17.5 Å². The van der Waals surface area contributed by atoms with Gasteiger partial charge in [0.25, 0.3) is 11.6 Å². The smallest absolute Gasteiger partial charge is 0.285 e. The van der Waals surface area contributed by atoms with E-state index >= 15 is 0 Å². The monoisotopic (exact) mass is 334 g/mol. The summed E-state index contributed by atoms with van der Waals surface area (Å²) in [5.41, 5.74) is 5.72. The molecule has 1 atom stereocenters. The topological polar surface area (TPSA) is 119 Å². The third kappa shape index (κ3) is 3.88. The van der Waals surface area contributed by atoms with Crippen LogP contribution in [0.4, 0.5) is 5.69 Å². The Morgan fingerprint density at radius 1 is 1.46 bits per heavy atom. The zero-order valence-electron chi connectivity index (χ0n) is 13.7. The van der Waals surface area contributed by atoms with Gasteiger partial charge in [0.05, 0.1) is 10.8 Å². The van der Waals surface area contributed by atoms with Crippen molar-refractivity contribution < 1.29 is 14.5 Å². The number of para-hydroxylation sites is 1. The fourth-order valence-electron chi connectivity index (χ4n) is 2.96. The molecule has 2 amide bonds. The van der Waals surface area contributed by atoms with E-state index in [4.69, 9.17) is 5.73 Å². The minimum Gasteiger partial charge on any atom is -0.355 e. The molecule has 0 saturated carbocycles. The van der Waals surface area contributed by atoms with Gasteiger partial charge in [0.1, 0.15) is 5.56 Å². The SMILES string of the molecule is Cc1cccc(C(=O)N2CCCC(C(=O)NCCN)C2)c1[N+](=O)[O-]. The number of rotatable bonds is 5. The number of nitro groups is 1. The quantitative estimate of drug-likeness (QED) is 0.611. The van der Waals surface area contributed by atoms with E-state index in [1.807, 2.05) is 0 Å². The van der Waals surface area contributed by atoms with Crippen LogP contribution >= 0.6 is 0 Å². The Balaban J connectivity index is 2.17. The summed E-state index contributed by atoms with van der Waals surface area (Å²) in [6.45, 7) is 3.11. The first-order chi connectivity index (χ1) is 11.5. The van der Waals surface area contributed by atoms with Gasteiger partial charge in [-0.2, -0.15) is 0 Å². The standard InChI is InChI=1S/C16H22N4O4/c1-11-4-2-6-13(14(11)20(23)24)16(22)19-9-3-5-12(10-19)15(21)18-8-7-17/h2,4,6,12H,3,5,7-10,17H2,1H3,(H,18,21). The third-order valence-electron chi connectivity index (χ3n) is 4.17. The van der Waals surface area contributed by atoms with Crippen LogP contribution in [-0.2, 0) is 4.79 Å². The number of nitrogens with zero attached hydrogens (tertiary/aromatic N) is 2. The summed E-state index contributed by atoms with van der Waals surface area (Å²) in [6, 6.07) is 4.70. The normalized spacial score (nSPS) is 17.4. The zero-order valence-corrected chi connectivity index (χ0v) is 13.7. The number of aryl methyl sites for hydroxylation is 1. The van der Waals surface area contributed by atoms with Crippen LogP contribution in [0.25, 0.3) is 0 Å². The number of benzene rings is 1. The minimum absolute atomic E-state index is 0.0722. The maximum atomic E-state index is 12.7. The van der Waals surface area contributed by atoms with Crippen molar-refractivity contribution in [2.45, 2.75) is 19.8 Å². The summed E-state index contributed by atoms with van der Waals surface area (Å²) in [5, 5.41) is 14.0. The van der Waals surface area contributed by atoms with Gasteiger partial charge >= 0.3 is 0 Å². The molecule has 2 rings (SSSR count). The number of carbonyl (C=O) groups excluding carboxylic acids is 2. The van der Waals surface area contributed by atoms with Crippen molar-refractivity contribution in [1.29, 1.82) is 0 Å². The highest BCUT2D eigenvalue weighted by Gasteiger charge is 2.32. The van der Waals surface area contributed by atoms with E-state index in [1.54, 1.807) is 19.1 Å². The lowest BCUT2D eigenvalue weighted by molar-refractivity contribution is -0.385. The third-order valence-corrected chi connectivity index (χ3v) is 4.17. The lowest BCUT2D eigenvalue weighted by Crippen LogP contribution is -2.46. The Kier molecular flexibility index (Phi) is 5.86. The highest BCUT2D eigenvalue weighted by molar-refractivity contribution is 5.99. The molecule has 0 bridgehead atoms. The van der Waals surface area contributed by atoms with Crippen LogP contribution in [0, 0.1) is 23.0 Å². The van der Waals surface area contributed by atoms with Gasteiger partial charge in [-0.1, -0.05) is 12.1 Å². The van der Waals surface area contributed by atoms with Gasteiger partial charge in [-0.15, -0.1) is 0 Å². The second-order valence-electron chi connectivity index (χ2n) is 5.90. The summed E-state index contributed by atoms with van der Waals surface area (Å²) < 4.78 is 0. The predicted molar refractivity (Wildman–Crippen MR) is 88.5 cm³/mol. The van der Waals surface area contributed by atoms with Gasteiger partial charge in [0.15, 0.2) is 0 Å². The lowest BCUT2D eigenvalue weighted by atomic mass is 9.96. The van der Waals surface area contributed by atoms with Crippen LogP contribution in [0.3, 0.4) is 0 Å². The molecule has 0 radical (unpaired) electrons. The maximum absolute atomic E-state index is 12.7. The van der Waals surface area contributed by atoms with Crippen molar-refractivity contribution in [1.82, 2.24) is 10.2 Å². The first-order valence-corrected chi connectivity index (χ1v) is 7.96. The molecule has 130 valence electrons. The molecule has 1 heterocycles. The fraction of sp³-hybridized carbons (Fsp3) is 0.500. The van der Waals surface area contributed by atoms with Gasteiger partial charge in [-0.3, -0.25) is 19.7 Å². The van der Waals surface area contributed by atoms with Crippen LogP contribution in [0.15, 0.2) is 18.2 Å². The molecule has 3 N–H and O–H groups in total. The highest BCUT2D eigenvalue weighted by atomic mass is 16.6. The number of hydrogen-bond acceptors (Lipinski definition) is 5. The largest absolute Gasteiger partial charge is 0.355 e. The molecule has 8 heteroatoms. The lowest BCUT2D eigenvalue weighted by Gasteiger charge is -2.32. The summed E-state index contributed by atoms with van der Waals surface area (Å²) >= 11 is 0. The molecule has 1 fully saturated rings. The molecule has 0 aromatic heterocycles. The average molecular weight is 334 g/mol. The van der Waals surface area contributed by atoms with E-state index in [-0.39, 0.29) is 29.6 Å². The molecule has 1 aromatic rings. The molecule has 1 aromatic carbocycles. The molecule has 24 heavy (non-hydrogen) atoms. The van der Waals surface area contributed by atoms with Gasteiger partial charge in [-0.25, -0.2) is 0 Å². The summed E-state index contributed by atoms with van der Waals surface area (Å²) in [7, 11) is 0. The second-order valence-corrected chi connectivity index (χ2v) is 5.90. The van der Waals surface area contributed by atoms with Crippen LogP contribution in [0.5, 0.6) is 0 Å². The van der Waals surface area contributed by atoms with E-state index in [2.05, 4.69) is 5.32 Å². The van der Waals surface area contributed by atoms with Crippen LogP contribution < -0.4 is 11.1 Å². The molecule has 1 aliphatic heterocycles. The number of nitrogens with one attached hydrogen (secondary N) is 1. The molecular formula is C16H22N4O4. The first kappa shape index (κ1) is 17.9. The van der Waals surface area contributed by atoms with Crippen molar-refractivity contribution in [3.8, 4) is 0 Å².